The van der Waals surface area contributed by atoms with E-state index >= 15 is 0 Å². The van der Waals surface area contributed by atoms with Crippen molar-refractivity contribution in [2.45, 2.75) is 26.9 Å². The summed E-state index contributed by atoms with van der Waals surface area (Å²) in [6, 6.07) is 0. The van der Waals surface area contributed by atoms with Crippen LogP contribution in [0.5, 0.6) is 0 Å². The van der Waals surface area contributed by atoms with Gasteiger partial charge >= 0.3 is 7.05 Å². The summed E-state index contributed by atoms with van der Waals surface area (Å²) < 4.78 is 26.0. The van der Waals surface area contributed by atoms with Gasteiger partial charge in [-0.25, -0.2) is 4.33 Å². The summed E-state index contributed by atoms with van der Waals surface area (Å²) >= 11 is 0. The summed E-state index contributed by atoms with van der Waals surface area (Å²) in [4.78, 5) is 0. The molecule has 0 bridgehead atoms. The average molecular weight is 262 g/mol. The van der Waals surface area contributed by atoms with Gasteiger partial charge in [-0.15, -0.1) is 10.8 Å². The SMILES string of the molecule is CC1=CB(O)N(S(O)(O)CCOC(C)C)N=C1. The molecule has 0 atom stereocenters. The second-order valence-electron chi connectivity index (χ2n) is 4.13. The molecule has 1 aliphatic rings. The lowest BCUT2D eigenvalue weighted by Gasteiger charge is -2.42. The molecule has 0 aliphatic carbocycles. The zero-order valence-corrected chi connectivity index (χ0v) is 11.1. The van der Waals surface area contributed by atoms with E-state index in [4.69, 9.17) is 4.74 Å². The largest absolute Gasteiger partial charge is 0.481 e. The molecule has 3 N–H and O–H groups in total. The molecule has 0 amide bonds. The van der Waals surface area contributed by atoms with Crippen molar-refractivity contribution >= 4 is 24.0 Å². The minimum Gasteiger partial charge on any atom is -0.427 e. The lowest BCUT2D eigenvalue weighted by molar-refractivity contribution is 0.0898. The summed E-state index contributed by atoms with van der Waals surface area (Å²) in [7, 11) is -4.24. The van der Waals surface area contributed by atoms with Crippen LogP contribution in [0.25, 0.3) is 0 Å². The zero-order chi connectivity index (χ0) is 13.1. The van der Waals surface area contributed by atoms with E-state index in [0.717, 1.165) is 9.90 Å². The molecule has 98 valence electrons. The average Bonchev–Trinajstić information content (AvgIpc) is 2.15. The van der Waals surface area contributed by atoms with Gasteiger partial charge in [0.1, 0.15) is 0 Å². The van der Waals surface area contributed by atoms with Crippen molar-refractivity contribution in [3.8, 4) is 0 Å². The Hall–Kier alpha value is -0.535. The van der Waals surface area contributed by atoms with Gasteiger partial charge < -0.3 is 9.76 Å². The van der Waals surface area contributed by atoms with Crippen molar-refractivity contribution in [2.75, 3.05) is 12.4 Å². The Morgan fingerprint density at radius 1 is 1.53 bits per heavy atom. The number of hydrogen-bond acceptors (Lipinski definition) is 6. The summed E-state index contributed by atoms with van der Waals surface area (Å²) in [5, 5.41) is 13.5. The Labute approximate surface area is 104 Å². The van der Waals surface area contributed by atoms with Gasteiger partial charge in [-0.2, -0.15) is 5.10 Å². The monoisotopic (exact) mass is 262 g/mol. The molecule has 6 nitrogen and oxygen atoms in total. The fraction of sp³-hybridized carbons (Fsp3) is 0.667. The van der Waals surface area contributed by atoms with E-state index in [9.17, 15) is 14.1 Å². The molecule has 0 unspecified atom stereocenters. The molecule has 0 saturated heterocycles. The second kappa shape index (κ2) is 5.88. The molecule has 0 saturated carbocycles. The van der Waals surface area contributed by atoms with Crippen LogP contribution in [0, 0.1) is 0 Å². The van der Waals surface area contributed by atoms with Crippen LogP contribution in [0.3, 0.4) is 0 Å². The Bertz CT molecular complexity index is 322. The lowest BCUT2D eigenvalue weighted by Crippen LogP contribution is -2.40. The molecule has 1 heterocycles. The highest BCUT2D eigenvalue weighted by Gasteiger charge is 2.32. The first-order valence-corrected chi connectivity index (χ1v) is 7.07. The van der Waals surface area contributed by atoms with Gasteiger partial charge in [0.05, 0.1) is 18.5 Å². The smallest absolute Gasteiger partial charge is 0.427 e. The predicted molar refractivity (Wildman–Crippen MR) is 70.9 cm³/mol. The summed E-state index contributed by atoms with van der Waals surface area (Å²) in [5.41, 5.74) is 0.780. The van der Waals surface area contributed by atoms with Crippen LogP contribution in [0.4, 0.5) is 0 Å². The molecule has 17 heavy (non-hydrogen) atoms. The van der Waals surface area contributed by atoms with Crippen molar-refractivity contribution in [3.05, 3.63) is 11.5 Å². The third-order valence-electron chi connectivity index (χ3n) is 2.12. The maximum absolute atomic E-state index is 9.89. The van der Waals surface area contributed by atoms with Crippen molar-refractivity contribution in [2.24, 2.45) is 5.10 Å². The van der Waals surface area contributed by atoms with E-state index in [0.29, 0.717) is 0 Å². The van der Waals surface area contributed by atoms with Gasteiger partial charge in [0.2, 0.25) is 0 Å². The van der Waals surface area contributed by atoms with Gasteiger partial charge in [-0.3, -0.25) is 9.11 Å². The van der Waals surface area contributed by atoms with E-state index < -0.39 is 17.8 Å². The molecule has 0 radical (unpaired) electrons. The molecule has 0 fully saturated rings. The van der Waals surface area contributed by atoms with Crippen molar-refractivity contribution in [1.29, 1.82) is 0 Å². The normalized spacial score (nSPS) is 17.7. The number of allylic oxidation sites excluding steroid dienone is 1. The molecule has 0 spiro atoms. The maximum atomic E-state index is 9.89. The molecule has 1 rings (SSSR count). The quantitative estimate of drug-likeness (QED) is 0.651. The molecular weight excluding hydrogens is 243 g/mol. The molecular formula is C9H19BN2O4S. The highest BCUT2D eigenvalue weighted by atomic mass is 32.3. The first-order chi connectivity index (χ1) is 7.83. The molecule has 0 aromatic carbocycles. The minimum absolute atomic E-state index is 0.0203. The van der Waals surface area contributed by atoms with E-state index in [1.165, 1.54) is 12.2 Å². The van der Waals surface area contributed by atoms with Crippen LogP contribution in [0.15, 0.2) is 16.6 Å². The van der Waals surface area contributed by atoms with E-state index in [1.807, 2.05) is 13.8 Å². The Balaban J connectivity index is 2.55. The van der Waals surface area contributed by atoms with Crippen LogP contribution < -0.4 is 0 Å². The molecule has 8 heteroatoms. The minimum atomic E-state index is -3.14. The van der Waals surface area contributed by atoms with Crippen LogP contribution >= 0.6 is 10.8 Å². The first-order valence-electron chi connectivity index (χ1n) is 5.40. The highest BCUT2D eigenvalue weighted by Crippen LogP contribution is 2.44. The van der Waals surface area contributed by atoms with Crippen LogP contribution in [0.2, 0.25) is 0 Å². The zero-order valence-electron chi connectivity index (χ0n) is 10.3. The van der Waals surface area contributed by atoms with Crippen LogP contribution in [-0.4, -0.2) is 50.2 Å². The first kappa shape index (κ1) is 14.5. The third kappa shape index (κ3) is 4.32. The maximum Gasteiger partial charge on any atom is 0.481 e. The Kier molecular flexibility index (Phi) is 5.02. The topological polar surface area (TPSA) is 85.5 Å². The predicted octanol–water partition coefficient (Wildman–Crippen LogP) is 1.34. The summed E-state index contributed by atoms with van der Waals surface area (Å²) in [6.07, 6.45) is 1.51. The fourth-order valence-corrected chi connectivity index (χ4v) is 2.41. The number of nitrogens with zero attached hydrogens (tertiary/aromatic N) is 2. The van der Waals surface area contributed by atoms with Crippen molar-refractivity contribution < 1.29 is 18.9 Å². The van der Waals surface area contributed by atoms with Gasteiger partial charge in [-0.05, 0) is 26.3 Å². The standard InChI is InChI=1S/C9H19BN2O4S/c1-8(2)16-4-5-17(14,15)12-10(13)6-9(3)7-11-12/h6-8,13-15H,4-5H2,1-3H3. The van der Waals surface area contributed by atoms with Crippen LogP contribution in [0.1, 0.15) is 20.8 Å². The number of rotatable bonds is 5. The highest BCUT2D eigenvalue weighted by molar-refractivity contribution is 8.23. The Morgan fingerprint density at radius 3 is 2.71 bits per heavy atom. The van der Waals surface area contributed by atoms with Gasteiger partial charge in [-0.1, -0.05) is 5.98 Å². The van der Waals surface area contributed by atoms with Gasteiger partial charge in [0.25, 0.3) is 0 Å². The van der Waals surface area contributed by atoms with E-state index in [2.05, 4.69) is 5.10 Å². The number of ether oxygens (including phenoxy) is 1. The molecule has 0 aromatic rings. The molecule has 0 aromatic heterocycles. The van der Waals surface area contributed by atoms with E-state index in [1.54, 1.807) is 6.92 Å². The lowest BCUT2D eigenvalue weighted by atomic mass is 9.82. The van der Waals surface area contributed by atoms with Crippen LogP contribution in [-0.2, 0) is 4.74 Å². The van der Waals surface area contributed by atoms with Crippen molar-refractivity contribution in [1.82, 2.24) is 4.33 Å². The fourth-order valence-electron chi connectivity index (χ4n) is 1.30. The summed E-state index contributed by atoms with van der Waals surface area (Å²) in [6.45, 7) is 5.72. The summed E-state index contributed by atoms with van der Waals surface area (Å²) in [5.74, 6) is 1.52. The van der Waals surface area contributed by atoms with E-state index in [-0.39, 0.29) is 18.5 Å². The van der Waals surface area contributed by atoms with Gasteiger partial charge in [0, 0.05) is 6.21 Å². The van der Waals surface area contributed by atoms with Crippen molar-refractivity contribution in [3.63, 3.8) is 0 Å². The third-order valence-corrected chi connectivity index (χ3v) is 3.75. The second-order valence-corrected chi connectivity index (χ2v) is 6.17. The number of hydrogen-bond donors (Lipinski definition) is 3. The molecule has 1 aliphatic heterocycles. The Morgan fingerprint density at radius 2 is 2.18 bits per heavy atom. The van der Waals surface area contributed by atoms with Gasteiger partial charge in [0.15, 0.2) is 0 Å². The number of hydrazone groups is 1.